The predicted octanol–water partition coefficient (Wildman–Crippen LogP) is 2.11. The molecule has 0 unspecified atom stereocenters. The number of benzene rings is 1. The van der Waals surface area contributed by atoms with Crippen molar-refractivity contribution >= 4 is 11.7 Å². The third kappa shape index (κ3) is 3.50. The van der Waals surface area contributed by atoms with E-state index in [1.165, 1.54) is 18.3 Å². The molecule has 1 amide bonds. The number of hydrogen-bond acceptors (Lipinski definition) is 3. The molecule has 104 valence electrons. The maximum atomic E-state index is 13.0. The number of nitrogens with zero attached hydrogens (tertiary/aromatic N) is 1. The summed E-state index contributed by atoms with van der Waals surface area (Å²) in [6.07, 6.45) is 1.92. The molecule has 6 heteroatoms. The van der Waals surface area contributed by atoms with Gasteiger partial charge < -0.3 is 11.1 Å². The minimum absolute atomic E-state index is 0.276. The molecule has 0 saturated carbocycles. The number of rotatable bonds is 5. The number of nitrogens with one attached hydrogen (secondary N) is 1. The van der Waals surface area contributed by atoms with Crippen LogP contribution in [0.5, 0.6) is 0 Å². The van der Waals surface area contributed by atoms with E-state index in [2.05, 4.69) is 10.3 Å². The molecule has 20 heavy (non-hydrogen) atoms. The van der Waals surface area contributed by atoms with Crippen molar-refractivity contribution in [1.29, 1.82) is 0 Å². The highest BCUT2D eigenvalue weighted by Crippen LogP contribution is 2.12. The number of carbonyl (C=O) groups excluding carboxylic acids is 1. The van der Waals surface area contributed by atoms with Crippen molar-refractivity contribution in [3.05, 3.63) is 59.3 Å². The topological polar surface area (TPSA) is 68.0 Å². The van der Waals surface area contributed by atoms with E-state index in [1.807, 2.05) is 0 Å². The van der Waals surface area contributed by atoms with Gasteiger partial charge in [0, 0.05) is 18.8 Å². The van der Waals surface area contributed by atoms with Gasteiger partial charge in [0.1, 0.15) is 17.5 Å². The first-order chi connectivity index (χ1) is 9.56. The Kier molecular flexibility index (Phi) is 4.24. The SMILES string of the molecule is NC(=O)c1cccnc1NCCc1cc(F)cc(F)c1. The summed E-state index contributed by atoms with van der Waals surface area (Å²) in [6, 6.07) is 6.50. The third-order valence-corrected chi connectivity index (χ3v) is 2.70. The van der Waals surface area contributed by atoms with Crippen LogP contribution in [0.25, 0.3) is 0 Å². The van der Waals surface area contributed by atoms with E-state index in [0.29, 0.717) is 24.3 Å². The average Bonchev–Trinajstić information content (AvgIpc) is 2.38. The predicted molar refractivity (Wildman–Crippen MR) is 71.3 cm³/mol. The van der Waals surface area contributed by atoms with E-state index < -0.39 is 17.5 Å². The monoisotopic (exact) mass is 277 g/mol. The second-order valence-electron chi connectivity index (χ2n) is 4.22. The zero-order valence-corrected chi connectivity index (χ0v) is 10.6. The van der Waals surface area contributed by atoms with Gasteiger partial charge in [-0.2, -0.15) is 0 Å². The number of anilines is 1. The molecule has 0 aliphatic carbocycles. The number of carbonyl (C=O) groups is 1. The van der Waals surface area contributed by atoms with Crippen molar-refractivity contribution in [3.63, 3.8) is 0 Å². The molecule has 3 N–H and O–H groups in total. The summed E-state index contributed by atoms with van der Waals surface area (Å²) in [5.74, 6) is -1.46. The molecule has 0 saturated heterocycles. The molecule has 0 bridgehead atoms. The Balaban J connectivity index is 2.01. The number of halogens is 2. The van der Waals surface area contributed by atoms with Gasteiger partial charge in [-0.05, 0) is 36.2 Å². The van der Waals surface area contributed by atoms with Crippen molar-refractivity contribution < 1.29 is 13.6 Å². The highest BCUT2D eigenvalue weighted by molar-refractivity contribution is 5.97. The Morgan fingerprint density at radius 2 is 1.95 bits per heavy atom. The van der Waals surface area contributed by atoms with Crippen LogP contribution in [0, 0.1) is 11.6 Å². The number of hydrogen-bond donors (Lipinski definition) is 2. The number of nitrogens with two attached hydrogens (primary N) is 1. The molecule has 1 aromatic carbocycles. The van der Waals surface area contributed by atoms with E-state index in [1.54, 1.807) is 12.1 Å². The summed E-state index contributed by atoms with van der Waals surface area (Å²) in [4.78, 5) is 15.2. The Labute approximate surface area is 114 Å². The summed E-state index contributed by atoms with van der Waals surface area (Å²) >= 11 is 0. The van der Waals surface area contributed by atoms with E-state index in [4.69, 9.17) is 5.73 Å². The van der Waals surface area contributed by atoms with Crippen molar-refractivity contribution in [2.75, 3.05) is 11.9 Å². The van der Waals surface area contributed by atoms with Crippen molar-refractivity contribution in [1.82, 2.24) is 4.98 Å². The maximum Gasteiger partial charge on any atom is 0.252 e. The van der Waals surface area contributed by atoms with Gasteiger partial charge in [-0.15, -0.1) is 0 Å². The number of amides is 1. The molecule has 0 aliphatic rings. The fraction of sp³-hybridized carbons (Fsp3) is 0.143. The lowest BCUT2D eigenvalue weighted by atomic mass is 10.1. The summed E-state index contributed by atoms with van der Waals surface area (Å²) in [6.45, 7) is 0.375. The largest absolute Gasteiger partial charge is 0.369 e. The zero-order chi connectivity index (χ0) is 14.5. The first-order valence-corrected chi connectivity index (χ1v) is 6.00. The Morgan fingerprint density at radius 1 is 1.25 bits per heavy atom. The molecule has 0 atom stereocenters. The minimum Gasteiger partial charge on any atom is -0.369 e. The minimum atomic E-state index is -0.615. The van der Waals surface area contributed by atoms with E-state index in [-0.39, 0.29) is 5.56 Å². The smallest absolute Gasteiger partial charge is 0.252 e. The van der Waals surface area contributed by atoms with E-state index >= 15 is 0 Å². The van der Waals surface area contributed by atoms with Gasteiger partial charge in [0.2, 0.25) is 0 Å². The third-order valence-electron chi connectivity index (χ3n) is 2.70. The summed E-state index contributed by atoms with van der Waals surface area (Å²) < 4.78 is 26.0. The van der Waals surface area contributed by atoms with Crippen LogP contribution in [0.4, 0.5) is 14.6 Å². The van der Waals surface area contributed by atoms with Gasteiger partial charge in [-0.25, -0.2) is 13.8 Å². The van der Waals surface area contributed by atoms with Crippen LogP contribution in [0.2, 0.25) is 0 Å². The highest BCUT2D eigenvalue weighted by Gasteiger charge is 2.08. The molecule has 0 aliphatic heterocycles. The van der Waals surface area contributed by atoms with Crippen LogP contribution in [0.15, 0.2) is 36.5 Å². The molecule has 0 spiro atoms. The molecular weight excluding hydrogens is 264 g/mol. The van der Waals surface area contributed by atoms with Gasteiger partial charge >= 0.3 is 0 Å². The van der Waals surface area contributed by atoms with Crippen LogP contribution in [-0.2, 0) is 6.42 Å². The normalized spacial score (nSPS) is 10.3. The summed E-state index contributed by atoms with van der Waals surface area (Å²) in [5, 5.41) is 2.93. The first-order valence-electron chi connectivity index (χ1n) is 6.00. The van der Waals surface area contributed by atoms with Crippen LogP contribution in [-0.4, -0.2) is 17.4 Å². The zero-order valence-electron chi connectivity index (χ0n) is 10.6. The van der Waals surface area contributed by atoms with Gasteiger partial charge in [0.25, 0.3) is 5.91 Å². The van der Waals surface area contributed by atoms with Crippen molar-refractivity contribution in [3.8, 4) is 0 Å². The molecule has 2 rings (SSSR count). The van der Waals surface area contributed by atoms with E-state index in [9.17, 15) is 13.6 Å². The van der Waals surface area contributed by atoms with Crippen molar-refractivity contribution in [2.24, 2.45) is 5.73 Å². The second kappa shape index (κ2) is 6.10. The lowest BCUT2D eigenvalue weighted by molar-refractivity contribution is 0.100. The average molecular weight is 277 g/mol. The van der Waals surface area contributed by atoms with Gasteiger partial charge in [0.05, 0.1) is 5.56 Å². The quantitative estimate of drug-likeness (QED) is 0.879. The Hall–Kier alpha value is -2.50. The number of aromatic nitrogens is 1. The van der Waals surface area contributed by atoms with Crippen LogP contribution < -0.4 is 11.1 Å². The molecule has 0 radical (unpaired) electrons. The van der Waals surface area contributed by atoms with Gasteiger partial charge in [-0.1, -0.05) is 0 Å². The molecule has 0 fully saturated rings. The standard InChI is InChI=1S/C14H13F2N3O/c15-10-6-9(7-11(16)8-10)3-5-19-14-12(13(17)20)2-1-4-18-14/h1-2,4,6-8H,3,5H2,(H2,17,20)(H,18,19). The van der Waals surface area contributed by atoms with Gasteiger partial charge in [0.15, 0.2) is 0 Å². The van der Waals surface area contributed by atoms with Gasteiger partial charge in [-0.3, -0.25) is 4.79 Å². The van der Waals surface area contributed by atoms with Crippen LogP contribution in [0.1, 0.15) is 15.9 Å². The highest BCUT2D eigenvalue weighted by atomic mass is 19.1. The number of pyridine rings is 1. The molecule has 1 heterocycles. The molecular formula is C14H13F2N3O. The fourth-order valence-corrected chi connectivity index (χ4v) is 1.83. The summed E-state index contributed by atoms with van der Waals surface area (Å²) in [7, 11) is 0. The summed E-state index contributed by atoms with van der Waals surface area (Å²) in [5.41, 5.74) is 6.01. The van der Waals surface area contributed by atoms with E-state index in [0.717, 1.165) is 6.07 Å². The second-order valence-corrected chi connectivity index (χ2v) is 4.22. The van der Waals surface area contributed by atoms with Crippen LogP contribution >= 0.6 is 0 Å². The maximum absolute atomic E-state index is 13.0. The molecule has 4 nitrogen and oxygen atoms in total. The van der Waals surface area contributed by atoms with Crippen LogP contribution in [0.3, 0.4) is 0 Å². The molecule has 1 aromatic heterocycles. The molecule has 2 aromatic rings. The lowest BCUT2D eigenvalue weighted by Crippen LogP contribution is -2.16. The first kappa shape index (κ1) is 13.9. The fourth-order valence-electron chi connectivity index (χ4n) is 1.83. The Bertz CT molecular complexity index is 611. The van der Waals surface area contributed by atoms with Crippen molar-refractivity contribution in [2.45, 2.75) is 6.42 Å². The Morgan fingerprint density at radius 3 is 2.60 bits per heavy atom. The lowest BCUT2D eigenvalue weighted by Gasteiger charge is -2.08. The number of primary amides is 1.